The van der Waals surface area contributed by atoms with Gasteiger partial charge < -0.3 is 30.7 Å². The highest BCUT2D eigenvalue weighted by Gasteiger charge is 2.43. The Morgan fingerprint density at radius 2 is 1.56 bits per heavy atom. The highest BCUT2D eigenvalue weighted by molar-refractivity contribution is 5.85. The van der Waals surface area contributed by atoms with E-state index < -0.39 is 12.1 Å². The molecule has 0 aromatic heterocycles. The fraction of sp³-hybridized carbons (Fsp3) is 0.611. The fourth-order valence-corrected chi connectivity index (χ4v) is 6.35. The summed E-state index contributed by atoms with van der Waals surface area (Å²) >= 11 is 0. The van der Waals surface area contributed by atoms with Crippen molar-refractivity contribution in [2.24, 2.45) is 0 Å². The van der Waals surface area contributed by atoms with Gasteiger partial charge in [-0.05, 0) is 96.7 Å². The predicted octanol–water partition coefficient (Wildman–Crippen LogP) is 4.53. The molecule has 2 amide bonds. The number of nitrogens with zero attached hydrogens (tertiary/aromatic N) is 3. The van der Waals surface area contributed by atoms with Gasteiger partial charge >= 0.3 is 12.1 Å². The molecule has 0 radical (unpaired) electrons. The summed E-state index contributed by atoms with van der Waals surface area (Å²) in [5, 5.41) is 9.51. The van der Waals surface area contributed by atoms with Gasteiger partial charge in [-0.1, -0.05) is 60.7 Å². The molecule has 0 aliphatic carbocycles. The third-order valence-corrected chi connectivity index (χ3v) is 9.02. The minimum atomic E-state index is -4.81. The third-order valence-electron chi connectivity index (χ3n) is 9.02. The van der Waals surface area contributed by atoms with Gasteiger partial charge in [-0.15, -0.1) is 12.4 Å². The van der Waals surface area contributed by atoms with E-state index >= 15 is 0 Å². The number of likely N-dealkylation sites (tertiary alicyclic amines) is 1. The smallest absolute Gasteiger partial charge is 0.337 e. The number of hydrogen-bond donors (Lipinski definition) is 3. The second-order valence-electron chi connectivity index (χ2n) is 12.7. The monoisotopic (exact) mass is 696 g/mol. The molecule has 2 saturated heterocycles. The van der Waals surface area contributed by atoms with Gasteiger partial charge in [-0.25, -0.2) is 0 Å². The van der Waals surface area contributed by atoms with E-state index in [0.29, 0.717) is 12.5 Å². The number of alkyl halides is 3. The van der Waals surface area contributed by atoms with E-state index in [-0.39, 0.29) is 43.5 Å². The standard InChI is InChI=1S/C21H36N4O.C15H19F3N2O.ClH/c1-22-14-7-12-20(23-2)21(26)25-15-8-11-19(25)17-24(3)16-13-18-9-5-4-6-10-18;16-15(17,18)14(21)20(11-13-7-4-9-19-13)10-8-12-5-2-1-3-6-12;/h4-6,9-10,19-20,22-23H,7-8,11-17H2,1-3H3;1-3,5-6,13,19H,4,7-11H2;1H/t19-,20-;13-;/m00./s1. The number of hydrogen-bond acceptors (Lipinski definition) is 6. The predicted molar refractivity (Wildman–Crippen MR) is 189 cm³/mol. The molecule has 12 heteroatoms. The molecule has 2 fully saturated rings. The molecule has 2 aliphatic rings. The van der Waals surface area contributed by atoms with Crippen LogP contribution in [0, 0.1) is 0 Å². The Labute approximate surface area is 291 Å². The van der Waals surface area contributed by atoms with Crippen LogP contribution in [0.4, 0.5) is 13.2 Å². The Morgan fingerprint density at radius 3 is 2.10 bits per heavy atom. The molecule has 0 unspecified atom stereocenters. The molecule has 2 aliphatic heterocycles. The van der Waals surface area contributed by atoms with Crippen molar-refractivity contribution in [3.05, 3.63) is 71.8 Å². The number of amides is 2. The molecule has 4 rings (SSSR count). The average molecular weight is 697 g/mol. The van der Waals surface area contributed by atoms with E-state index in [0.717, 1.165) is 88.1 Å². The van der Waals surface area contributed by atoms with Crippen LogP contribution in [0.2, 0.25) is 0 Å². The molecule has 8 nitrogen and oxygen atoms in total. The van der Waals surface area contributed by atoms with E-state index in [1.54, 1.807) is 0 Å². The first-order valence-corrected chi connectivity index (χ1v) is 17.1. The highest BCUT2D eigenvalue weighted by Crippen LogP contribution is 2.21. The summed E-state index contributed by atoms with van der Waals surface area (Å²) in [7, 11) is 6.03. The SMILES string of the molecule is CNCCC[C@H](NC)C(=O)N1CCC[C@H]1CN(C)CCc1ccccc1.Cl.O=C(N(CCc1ccccc1)C[C@@H]1CCCN1)C(F)(F)F. The van der Waals surface area contributed by atoms with Crippen molar-refractivity contribution in [1.82, 2.24) is 30.7 Å². The Kier molecular flexibility index (Phi) is 19.1. The van der Waals surface area contributed by atoms with Crippen molar-refractivity contribution in [1.29, 1.82) is 0 Å². The highest BCUT2D eigenvalue weighted by atomic mass is 35.5. The molecular weight excluding hydrogens is 641 g/mol. The lowest BCUT2D eigenvalue weighted by molar-refractivity contribution is -0.185. The molecule has 3 N–H and O–H groups in total. The van der Waals surface area contributed by atoms with Crippen LogP contribution in [0.25, 0.3) is 0 Å². The van der Waals surface area contributed by atoms with Crippen molar-refractivity contribution in [2.45, 2.75) is 75.7 Å². The topological polar surface area (TPSA) is 80.0 Å². The van der Waals surface area contributed by atoms with Crippen LogP contribution in [0.1, 0.15) is 49.7 Å². The van der Waals surface area contributed by atoms with E-state index in [2.05, 4.69) is 63.1 Å². The summed E-state index contributed by atoms with van der Waals surface area (Å²) < 4.78 is 38.1. The van der Waals surface area contributed by atoms with Crippen molar-refractivity contribution in [3.8, 4) is 0 Å². The normalized spacial score (nSPS) is 18.2. The zero-order valence-corrected chi connectivity index (χ0v) is 29.6. The molecule has 270 valence electrons. The van der Waals surface area contributed by atoms with Crippen molar-refractivity contribution >= 4 is 24.2 Å². The van der Waals surface area contributed by atoms with Crippen LogP contribution >= 0.6 is 12.4 Å². The summed E-state index contributed by atoms with van der Waals surface area (Å²) in [6.07, 6.45) is 2.58. The van der Waals surface area contributed by atoms with Crippen LogP contribution in [0.15, 0.2) is 60.7 Å². The van der Waals surface area contributed by atoms with Crippen LogP contribution < -0.4 is 16.0 Å². The van der Waals surface area contributed by atoms with Crippen LogP contribution in [0.3, 0.4) is 0 Å². The van der Waals surface area contributed by atoms with Crippen molar-refractivity contribution in [3.63, 3.8) is 0 Å². The number of carbonyl (C=O) groups excluding carboxylic acids is 2. The van der Waals surface area contributed by atoms with Gasteiger partial charge in [0.05, 0.1) is 6.04 Å². The zero-order chi connectivity index (χ0) is 34.1. The molecular formula is C36H56ClF3N6O2. The second kappa shape index (κ2) is 22.1. The Hall–Kier alpha value is -2.70. The number of carbonyl (C=O) groups is 2. The number of likely N-dealkylation sites (N-methyl/N-ethyl adjacent to an activating group) is 2. The molecule has 0 spiro atoms. The lowest BCUT2D eigenvalue weighted by atomic mass is 10.1. The summed E-state index contributed by atoms with van der Waals surface area (Å²) in [6, 6.07) is 20.1. The molecule has 3 atom stereocenters. The molecule has 2 heterocycles. The average Bonchev–Trinajstić information content (AvgIpc) is 3.77. The maximum absolute atomic E-state index is 13.0. The summed E-state index contributed by atoms with van der Waals surface area (Å²) in [5.41, 5.74) is 2.30. The van der Waals surface area contributed by atoms with Crippen molar-refractivity contribution in [2.75, 3.05) is 67.0 Å². The largest absolute Gasteiger partial charge is 0.471 e. The zero-order valence-electron chi connectivity index (χ0n) is 28.8. The van der Waals surface area contributed by atoms with Gasteiger partial charge in [0.25, 0.3) is 0 Å². The Morgan fingerprint density at radius 1 is 0.938 bits per heavy atom. The van der Waals surface area contributed by atoms with Gasteiger partial charge in [-0.3, -0.25) is 9.59 Å². The minimum Gasteiger partial charge on any atom is -0.337 e. The molecule has 48 heavy (non-hydrogen) atoms. The number of halogens is 4. The number of benzene rings is 2. The maximum Gasteiger partial charge on any atom is 0.471 e. The second-order valence-corrected chi connectivity index (χ2v) is 12.7. The third kappa shape index (κ3) is 14.4. The first-order valence-electron chi connectivity index (χ1n) is 17.1. The van der Waals surface area contributed by atoms with E-state index in [4.69, 9.17) is 0 Å². The summed E-state index contributed by atoms with van der Waals surface area (Å²) in [4.78, 5) is 29.9. The molecule has 2 aromatic carbocycles. The lowest BCUT2D eigenvalue weighted by Gasteiger charge is -2.31. The van der Waals surface area contributed by atoms with Gasteiger partial charge in [0.1, 0.15) is 0 Å². The van der Waals surface area contributed by atoms with Gasteiger partial charge in [-0.2, -0.15) is 13.2 Å². The van der Waals surface area contributed by atoms with E-state index in [1.807, 2.05) is 44.4 Å². The fourth-order valence-electron chi connectivity index (χ4n) is 6.35. The Bertz CT molecular complexity index is 1170. The first kappa shape index (κ1) is 41.5. The number of rotatable bonds is 16. The molecule has 0 saturated carbocycles. The van der Waals surface area contributed by atoms with Gasteiger partial charge in [0, 0.05) is 44.8 Å². The Balaban J connectivity index is 0.000000334. The molecule has 0 bridgehead atoms. The van der Waals surface area contributed by atoms with Crippen molar-refractivity contribution < 1.29 is 22.8 Å². The summed E-state index contributed by atoms with van der Waals surface area (Å²) in [6.45, 7) is 4.85. The van der Waals surface area contributed by atoms with E-state index in [1.165, 1.54) is 5.56 Å². The van der Waals surface area contributed by atoms with E-state index in [9.17, 15) is 22.8 Å². The molecule has 2 aromatic rings. The summed E-state index contributed by atoms with van der Waals surface area (Å²) in [5.74, 6) is -1.46. The minimum absolute atomic E-state index is 0. The van der Waals surface area contributed by atoms with Crippen LogP contribution in [-0.2, 0) is 22.4 Å². The lowest BCUT2D eigenvalue weighted by Crippen LogP contribution is -2.50. The van der Waals surface area contributed by atoms with Gasteiger partial charge in [0.15, 0.2) is 0 Å². The van der Waals surface area contributed by atoms with Crippen LogP contribution in [0.5, 0.6) is 0 Å². The van der Waals surface area contributed by atoms with Gasteiger partial charge in [0.2, 0.25) is 5.91 Å². The maximum atomic E-state index is 13.0. The number of nitrogens with one attached hydrogen (secondary N) is 3. The quantitative estimate of drug-likeness (QED) is 0.224. The van der Waals surface area contributed by atoms with Crippen LogP contribution in [-0.4, -0.2) is 118 Å². The first-order chi connectivity index (χ1) is 22.6.